The third-order valence-corrected chi connectivity index (χ3v) is 6.42. The lowest BCUT2D eigenvalue weighted by atomic mass is 10.0. The van der Waals surface area contributed by atoms with Gasteiger partial charge in [0.1, 0.15) is 16.8 Å². The smallest absolute Gasteiger partial charge is 0.284 e. The van der Waals surface area contributed by atoms with E-state index in [2.05, 4.69) is 9.71 Å². The molecule has 1 N–H and O–H groups in total. The van der Waals surface area contributed by atoms with E-state index in [1.54, 1.807) is 5.38 Å². The Kier molecular flexibility index (Phi) is 5.51. The molecule has 1 aromatic carbocycles. The van der Waals surface area contributed by atoms with Crippen molar-refractivity contribution < 1.29 is 17.9 Å². The average Bonchev–Trinajstić information content (AvgIpc) is 3.26. The highest BCUT2D eigenvalue weighted by Crippen LogP contribution is 2.30. The Bertz CT molecular complexity index is 827. The van der Waals surface area contributed by atoms with Gasteiger partial charge in [-0.25, -0.2) is 18.1 Å². The molecule has 1 aromatic heterocycles. The molecule has 2 atom stereocenters. The maximum atomic E-state index is 12.3. The number of ether oxygens (including phenoxy) is 1. The van der Waals surface area contributed by atoms with Crippen LogP contribution in [0.15, 0.2) is 35.7 Å². The number of carbonyl (C=O) groups excluding carboxylic acids is 1. The topological polar surface area (TPSA) is 85.4 Å². The second-order valence-electron chi connectivity index (χ2n) is 6.10. The van der Waals surface area contributed by atoms with Gasteiger partial charge in [0.15, 0.2) is 0 Å². The van der Waals surface area contributed by atoms with Gasteiger partial charge in [-0.05, 0) is 24.3 Å². The molecule has 0 unspecified atom stereocenters. The van der Waals surface area contributed by atoms with Crippen LogP contribution in [0.25, 0.3) is 0 Å². The van der Waals surface area contributed by atoms with Gasteiger partial charge < -0.3 is 4.74 Å². The van der Waals surface area contributed by atoms with E-state index < -0.39 is 15.9 Å². The quantitative estimate of drug-likeness (QED) is 0.833. The molecule has 0 radical (unpaired) electrons. The van der Waals surface area contributed by atoms with E-state index in [0.29, 0.717) is 6.61 Å². The maximum absolute atomic E-state index is 12.3. The summed E-state index contributed by atoms with van der Waals surface area (Å²) in [7, 11) is -3.75. The number of benzene rings is 1. The SMILES string of the molecule is C[C@@H](CS(=O)(=O)NC(=O)c1csc([C@@H]2CCCO2)n1)c1ccccc1. The van der Waals surface area contributed by atoms with E-state index in [1.165, 1.54) is 11.3 Å². The summed E-state index contributed by atoms with van der Waals surface area (Å²) in [6.45, 7) is 2.51. The summed E-state index contributed by atoms with van der Waals surface area (Å²) in [6, 6.07) is 9.34. The van der Waals surface area contributed by atoms with Gasteiger partial charge >= 0.3 is 0 Å². The molecule has 2 aromatic rings. The van der Waals surface area contributed by atoms with Gasteiger partial charge in [0.25, 0.3) is 5.91 Å². The fourth-order valence-electron chi connectivity index (χ4n) is 2.75. The highest BCUT2D eigenvalue weighted by Gasteiger charge is 2.25. The number of amides is 1. The Hall–Kier alpha value is -1.77. The summed E-state index contributed by atoms with van der Waals surface area (Å²) in [5, 5.41) is 2.29. The summed E-state index contributed by atoms with van der Waals surface area (Å²) in [4.78, 5) is 16.5. The largest absolute Gasteiger partial charge is 0.371 e. The van der Waals surface area contributed by atoms with Crippen LogP contribution in [0.2, 0.25) is 0 Å². The van der Waals surface area contributed by atoms with Gasteiger partial charge in [-0.2, -0.15) is 0 Å². The van der Waals surface area contributed by atoms with E-state index >= 15 is 0 Å². The predicted molar refractivity (Wildman–Crippen MR) is 96.2 cm³/mol. The minimum atomic E-state index is -3.75. The van der Waals surface area contributed by atoms with Gasteiger partial charge in [-0.1, -0.05) is 37.3 Å². The first-order chi connectivity index (χ1) is 11.9. The molecule has 3 rings (SSSR count). The Balaban J connectivity index is 1.63. The summed E-state index contributed by atoms with van der Waals surface area (Å²) in [6.07, 6.45) is 1.76. The average molecular weight is 380 g/mol. The number of hydrogen-bond donors (Lipinski definition) is 1. The van der Waals surface area contributed by atoms with Crippen molar-refractivity contribution in [3.8, 4) is 0 Å². The number of aromatic nitrogens is 1. The van der Waals surface area contributed by atoms with Gasteiger partial charge in [0.05, 0.1) is 5.75 Å². The Morgan fingerprint density at radius 2 is 2.16 bits per heavy atom. The van der Waals surface area contributed by atoms with Crippen molar-refractivity contribution in [2.75, 3.05) is 12.4 Å². The molecule has 134 valence electrons. The molecular weight excluding hydrogens is 360 g/mol. The molecular formula is C17H20N2O4S2. The van der Waals surface area contributed by atoms with Crippen molar-refractivity contribution in [2.45, 2.75) is 31.8 Å². The number of hydrogen-bond acceptors (Lipinski definition) is 6. The van der Waals surface area contributed by atoms with Crippen molar-refractivity contribution >= 4 is 27.3 Å². The lowest BCUT2D eigenvalue weighted by molar-refractivity contribution is 0.0973. The zero-order valence-electron chi connectivity index (χ0n) is 13.8. The van der Waals surface area contributed by atoms with Crippen LogP contribution in [-0.4, -0.2) is 31.7 Å². The highest BCUT2D eigenvalue weighted by atomic mass is 32.2. The molecule has 0 aliphatic carbocycles. The normalized spacial score (nSPS) is 18.8. The molecule has 1 aliphatic heterocycles. The summed E-state index contributed by atoms with van der Waals surface area (Å²) >= 11 is 1.32. The van der Waals surface area contributed by atoms with Crippen molar-refractivity contribution in [3.05, 3.63) is 52.0 Å². The summed E-state index contributed by atoms with van der Waals surface area (Å²) < 4.78 is 32.2. The van der Waals surface area contributed by atoms with Gasteiger partial charge in [0.2, 0.25) is 10.0 Å². The van der Waals surface area contributed by atoms with Crippen LogP contribution < -0.4 is 4.72 Å². The van der Waals surface area contributed by atoms with E-state index in [9.17, 15) is 13.2 Å². The molecule has 1 saturated heterocycles. The Morgan fingerprint density at radius 3 is 2.84 bits per heavy atom. The van der Waals surface area contributed by atoms with E-state index in [-0.39, 0.29) is 23.5 Å². The van der Waals surface area contributed by atoms with Gasteiger partial charge in [0, 0.05) is 12.0 Å². The second kappa shape index (κ2) is 7.63. The molecule has 0 spiro atoms. The number of rotatable bonds is 6. The zero-order chi connectivity index (χ0) is 17.9. The predicted octanol–water partition coefficient (Wildman–Crippen LogP) is 2.86. The van der Waals surface area contributed by atoms with Crippen molar-refractivity contribution in [2.24, 2.45) is 0 Å². The number of nitrogens with one attached hydrogen (secondary N) is 1. The first kappa shape index (κ1) is 18.0. The van der Waals surface area contributed by atoms with Gasteiger partial charge in [-0.15, -0.1) is 11.3 Å². The maximum Gasteiger partial charge on any atom is 0.284 e. The number of thiazole rings is 1. The van der Waals surface area contributed by atoms with Crippen LogP contribution >= 0.6 is 11.3 Å². The summed E-state index contributed by atoms with van der Waals surface area (Å²) in [5.41, 5.74) is 1.03. The fraction of sp³-hybridized carbons (Fsp3) is 0.412. The van der Waals surface area contributed by atoms with Gasteiger partial charge in [-0.3, -0.25) is 4.79 Å². The van der Waals surface area contributed by atoms with Crippen molar-refractivity contribution in [1.29, 1.82) is 0 Å². The lowest BCUT2D eigenvalue weighted by Gasteiger charge is -2.12. The monoisotopic (exact) mass is 380 g/mol. The van der Waals surface area contributed by atoms with Crippen LogP contribution in [-0.2, 0) is 14.8 Å². The van der Waals surface area contributed by atoms with Crippen LogP contribution in [0.4, 0.5) is 0 Å². The zero-order valence-corrected chi connectivity index (χ0v) is 15.5. The van der Waals surface area contributed by atoms with Crippen LogP contribution in [0.3, 0.4) is 0 Å². The number of carbonyl (C=O) groups is 1. The molecule has 0 saturated carbocycles. The third-order valence-electron chi connectivity index (χ3n) is 4.05. The van der Waals surface area contributed by atoms with E-state index in [1.807, 2.05) is 37.3 Å². The minimum Gasteiger partial charge on any atom is -0.371 e. The molecule has 1 amide bonds. The number of sulfonamides is 1. The molecule has 1 aliphatic rings. The molecule has 25 heavy (non-hydrogen) atoms. The Labute approximate surface area is 151 Å². The molecule has 1 fully saturated rings. The van der Waals surface area contributed by atoms with Crippen LogP contribution in [0.1, 0.15) is 52.8 Å². The highest BCUT2D eigenvalue weighted by molar-refractivity contribution is 7.90. The van der Waals surface area contributed by atoms with Crippen molar-refractivity contribution in [1.82, 2.24) is 9.71 Å². The number of nitrogens with zero attached hydrogens (tertiary/aromatic N) is 1. The first-order valence-electron chi connectivity index (χ1n) is 8.11. The fourth-order valence-corrected chi connectivity index (χ4v) is 4.96. The molecule has 6 nitrogen and oxygen atoms in total. The van der Waals surface area contributed by atoms with E-state index in [0.717, 1.165) is 23.4 Å². The molecule has 8 heteroatoms. The third kappa shape index (κ3) is 4.65. The second-order valence-corrected chi connectivity index (χ2v) is 8.75. The minimum absolute atomic E-state index is 0.0822. The van der Waals surface area contributed by atoms with Crippen molar-refractivity contribution in [3.63, 3.8) is 0 Å². The van der Waals surface area contributed by atoms with Crippen LogP contribution in [0, 0.1) is 0 Å². The first-order valence-corrected chi connectivity index (χ1v) is 10.6. The summed E-state index contributed by atoms with van der Waals surface area (Å²) in [5.74, 6) is -1.07. The lowest BCUT2D eigenvalue weighted by Crippen LogP contribution is -2.34. The molecule has 2 heterocycles. The standard InChI is InChI=1S/C17H20N2O4S2/c1-12(13-6-3-2-4-7-13)11-25(21,22)19-16(20)14-10-24-17(18-14)15-8-5-9-23-15/h2-4,6-7,10,12,15H,5,8-9,11H2,1H3,(H,19,20)/t12-,15-/m0/s1. The van der Waals surface area contributed by atoms with E-state index in [4.69, 9.17) is 4.74 Å². The Morgan fingerprint density at radius 1 is 1.40 bits per heavy atom. The molecule has 0 bridgehead atoms. The van der Waals surface area contributed by atoms with Crippen LogP contribution in [0.5, 0.6) is 0 Å².